The van der Waals surface area contributed by atoms with Gasteiger partial charge in [-0.25, -0.2) is 9.48 Å². The van der Waals surface area contributed by atoms with Crippen molar-refractivity contribution in [2.24, 2.45) is 7.05 Å². The Balaban J connectivity index is 3.42. The average Bonchev–Trinajstić information content (AvgIpc) is 1.98. The van der Waals surface area contributed by atoms with E-state index in [2.05, 4.69) is 5.10 Å². The molecule has 0 aromatic carbocycles. The van der Waals surface area contributed by atoms with Crippen LogP contribution in [0.15, 0.2) is 11.1 Å². The Morgan fingerprint density at radius 3 is 2.62 bits per heavy atom. The summed E-state index contributed by atoms with van der Waals surface area (Å²) in [5, 5.41) is 11.9. The monoisotopic (exact) mass is 115 g/mol. The van der Waals surface area contributed by atoms with Gasteiger partial charge in [-0.1, -0.05) is 0 Å². The summed E-state index contributed by atoms with van der Waals surface area (Å²) in [6, 6.07) is 0. The summed E-state index contributed by atoms with van der Waals surface area (Å²) in [6.07, 6.45) is 1.03. The number of hydrogen-bond acceptors (Lipinski definition) is 3. The number of nitrogens with zero attached hydrogens (tertiary/aromatic N) is 3. The lowest BCUT2D eigenvalue weighted by molar-refractivity contribution is 0.173. The molecule has 5 nitrogen and oxygen atoms in total. The van der Waals surface area contributed by atoms with Gasteiger partial charge in [0.05, 0.1) is 0 Å². The minimum absolute atomic E-state index is 0.417. The van der Waals surface area contributed by atoms with Gasteiger partial charge >= 0.3 is 5.69 Å². The zero-order valence-electron chi connectivity index (χ0n) is 4.27. The molecule has 0 saturated carbocycles. The Morgan fingerprint density at radius 2 is 2.50 bits per heavy atom. The molecule has 1 aromatic heterocycles. The lowest BCUT2D eigenvalue weighted by Crippen LogP contribution is -2.20. The van der Waals surface area contributed by atoms with Crippen LogP contribution in [0.1, 0.15) is 0 Å². The maximum atomic E-state index is 10.4. The molecule has 0 radical (unpaired) electrons. The van der Waals surface area contributed by atoms with E-state index in [-0.39, 0.29) is 0 Å². The third-order valence-electron chi connectivity index (χ3n) is 0.807. The van der Waals surface area contributed by atoms with Crippen LogP contribution in [0.4, 0.5) is 0 Å². The highest BCUT2D eigenvalue weighted by Gasteiger charge is 1.93. The molecule has 1 N–H and O–H groups in total. The van der Waals surface area contributed by atoms with E-state index in [1.807, 2.05) is 0 Å². The second kappa shape index (κ2) is 1.36. The predicted octanol–water partition coefficient (Wildman–Crippen LogP) is -1.18. The summed E-state index contributed by atoms with van der Waals surface area (Å²) < 4.78 is 1.44. The fourth-order valence-corrected chi connectivity index (χ4v) is 0.373. The highest BCUT2D eigenvalue weighted by atomic mass is 16.5. The van der Waals surface area contributed by atoms with E-state index in [0.29, 0.717) is 4.73 Å². The molecule has 0 amide bonds. The van der Waals surface area contributed by atoms with Crippen LogP contribution in [-0.2, 0) is 7.05 Å². The van der Waals surface area contributed by atoms with Crippen LogP contribution in [0.3, 0.4) is 0 Å². The zero-order valence-corrected chi connectivity index (χ0v) is 4.27. The fourth-order valence-electron chi connectivity index (χ4n) is 0.373. The number of rotatable bonds is 0. The van der Waals surface area contributed by atoms with Gasteiger partial charge in [0.15, 0.2) is 6.33 Å². The van der Waals surface area contributed by atoms with E-state index >= 15 is 0 Å². The highest BCUT2D eigenvalue weighted by molar-refractivity contribution is 4.58. The Morgan fingerprint density at radius 1 is 1.88 bits per heavy atom. The lowest BCUT2D eigenvalue weighted by Gasteiger charge is -1.79. The number of aryl methyl sites for hydroxylation is 1. The first-order chi connectivity index (χ1) is 3.72. The van der Waals surface area contributed by atoms with E-state index in [9.17, 15) is 4.79 Å². The Bertz CT molecular complexity index is 212. The number of aromatic nitrogens is 3. The summed E-state index contributed by atoms with van der Waals surface area (Å²) >= 11 is 0. The maximum Gasteiger partial charge on any atom is 0.378 e. The summed E-state index contributed by atoms with van der Waals surface area (Å²) in [7, 11) is 1.45. The van der Waals surface area contributed by atoms with Gasteiger partial charge in [-0.15, -0.1) is 4.73 Å². The molecule has 0 aliphatic rings. The first-order valence-corrected chi connectivity index (χ1v) is 2.01. The molecule has 0 aliphatic carbocycles. The molecule has 44 valence electrons. The minimum Gasteiger partial charge on any atom is -0.423 e. The molecule has 1 rings (SSSR count). The second-order valence-electron chi connectivity index (χ2n) is 1.38. The van der Waals surface area contributed by atoms with Crippen LogP contribution < -0.4 is 5.69 Å². The average molecular weight is 115 g/mol. The molecule has 0 unspecified atom stereocenters. The SMILES string of the molecule is Cn1ncn(O)c1=O. The lowest BCUT2D eigenvalue weighted by atomic mass is 11.2. The molecule has 0 aliphatic heterocycles. The standard InChI is InChI=1S/C3H5N3O2/c1-5-3(7)6(8)2-4-5/h2,8H,1H3. The topological polar surface area (TPSA) is 60.1 Å². The van der Waals surface area contributed by atoms with E-state index in [1.54, 1.807) is 0 Å². The fraction of sp³-hybridized carbons (Fsp3) is 0.333. The van der Waals surface area contributed by atoms with Crippen LogP contribution in [0, 0.1) is 0 Å². The summed E-state index contributed by atoms with van der Waals surface area (Å²) in [4.78, 5) is 10.4. The van der Waals surface area contributed by atoms with E-state index in [0.717, 1.165) is 11.0 Å². The molecule has 0 fully saturated rings. The summed E-state index contributed by atoms with van der Waals surface area (Å²) in [5.74, 6) is 0. The van der Waals surface area contributed by atoms with Gasteiger partial charge in [0.25, 0.3) is 0 Å². The highest BCUT2D eigenvalue weighted by Crippen LogP contribution is 1.63. The van der Waals surface area contributed by atoms with E-state index < -0.39 is 5.69 Å². The normalized spacial score (nSPS) is 9.62. The maximum absolute atomic E-state index is 10.4. The Kier molecular flexibility index (Phi) is 0.831. The van der Waals surface area contributed by atoms with Crippen molar-refractivity contribution in [3.05, 3.63) is 16.8 Å². The zero-order chi connectivity index (χ0) is 6.15. The van der Waals surface area contributed by atoms with Crippen molar-refractivity contribution in [1.82, 2.24) is 14.5 Å². The molecule has 0 spiro atoms. The Hall–Kier alpha value is -1.26. The van der Waals surface area contributed by atoms with Crippen LogP contribution >= 0.6 is 0 Å². The van der Waals surface area contributed by atoms with Crippen molar-refractivity contribution < 1.29 is 5.21 Å². The first kappa shape index (κ1) is 4.89. The predicted molar refractivity (Wildman–Crippen MR) is 24.7 cm³/mol. The summed E-state index contributed by atoms with van der Waals surface area (Å²) in [5.41, 5.74) is -0.537. The van der Waals surface area contributed by atoms with Gasteiger partial charge in [-0.2, -0.15) is 5.10 Å². The van der Waals surface area contributed by atoms with Gasteiger partial charge < -0.3 is 5.21 Å². The molecule has 0 atom stereocenters. The third kappa shape index (κ3) is 0.481. The van der Waals surface area contributed by atoms with Gasteiger partial charge in [0, 0.05) is 7.05 Å². The Labute approximate surface area is 44.7 Å². The first-order valence-electron chi connectivity index (χ1n) is 2.01. The van der Waals surface area contributed by atoms with Crippen LogP contribution in [-0.4, -0.2) is 19.7 Å². The van der Waals surface area contributed by atoms with Crippen molar-refractivity contribution >= 4 is 0 Å². The molecule has 1 aromatic rings. The van der Waals surface area contributed by atoms with Gasteiger partial charge in [-0.3, -0.25) is 0 Å². The van der Waals surface area contributed by atoms with Crippen molar-refractivity contribution in [2.45, 2.75) is 0 Å². The van der Waals surface area contributed by atoms with Gasteiger partial charge in [0.1, 0.15) is 0 Å². The molecular formula is C3H5N3O2. The van der Waals surface area contributed by atoms with Crippen molar-refractivity contribution in [3.63, 3.8) is 0 Å². The largest absolute Gasteiger partial charge is 0.423 e. The van der Waals surface area contributed by atoms with Crippen LogP contribution in [0.2, 0.25) is 0 Å². The second-order valence-corrected chi connectivity index (χ2v) is 1.38. The smallest absolute Gasteiger partial charge is 0.378 e. The van der Waals surface area contributed by atoms with Crippen molar-refractivity contribution in [3.8, 4) is 0 Å². The van der Waals surface area contributed by atoms with Crippen LogP contribution in [0.25, 0.3) is 0 Å². The summed E-state index contributed by atoms with van der Waals surface area (Å²) in [6.45, 7) is 0. The van der Waals surface area contributed by atoms with E-state index in [1.165, 1.54) is 7.05 Å². The molecule has 8 heavy (non-hydrogen) atoms. The molecule has 5 heteroatoms. The van der Waals surface area contributed by atoms with Gasteiger partial charge in [0.2, 0.25) is 0 Å². The quantitative estimate of drug-likeness (QED) is 0.433. The van der Waals surface area contributed by atoms with Crippen molar-refractivity contribution in [2.75, 3.05) is 0 Å². The molecule has 1 heterocycles. The van der Waals surface area contributed by atoms with E-state index in [4.69, 9.17) is 5.21 Å². The molecular weight excluding hydrogens is 110 g/mol. The minimum atomic E-state index is -0.537. The number of hydrogen-bond donors (Lipinski definition) is 1. The van der Waals surface area contributed by atoms with Crippen LogP contribution in [0.5, 0.6) is 0 Å². The van der Waals surface area contributed by atoms with Gasteiger partial charge in [-0.05, 0) is 0 Å². The van der Waals surface area contributed by atoms with Crippen molar-refractivity contribution in [1.29, 1.82) is 0 Å². The molecule has 0 saturated heterocycles. The third-order valence-corrected chi connectivity index (χ3v) is 0.807. The molecule has 0 bridgehead atoms.